The van der Waals surface area contributed by atoms with E-state index in [0.29, 0.717) is 18.4 Å². The molecule has 0 saturated heterocycles. The van der Waals surface area contributed by atoms with Crippen molar-refractivity contribution in [3.8, 4) is 0 Å². The summed E-state index contributed by atoms with van der Waals surface area (Å²) < 4.78 is 0. The summed E-state index contributed by atoms with van der Waals surface area (Å²) in [7, 11) is 0. The highest BCUT2D eigenvalue weighted by Gasteiger charge is 2.44. The molecule has 1 heterocycles. The smallest absolute Gasteiger partial charge is 0.326 e. The van der Waals surface area contributed by atoms with Gasteiger partial charge in [0.1, 0.15) is 11.6 Å². The lowest BCUT2D eigenvalue weighted by Crippen LogP contribution is -2.61. The van der Waals surface area contributed by atoms with Crippen LogP contribution in [0.15, 0.2) is 24.5 Å². The molecule has 0 aromatic carbocycles. The van der Waals surface area contributed by atoms with Crippen LogP contribution in [0, 0.1) is 5.92 Å². The highest BCUT2D eigenvalue weighted by Crippen LogP contribution is 2.31. The Morgan fingerprint density at radius 1 is 1.30 bits per heavy atom. The van der Waals surface area contributed by atoms with E-state index in [1.54, 1.807) is 24.5 Å². The Hall–Kier alpha value is -2.09. The number of aliphatic carboxylic acids is 1. The second-order valence-corrected chi connectivity index (χ2v) is 7.95. The maximum Gasteiger partial charge on any atom is 0.326 e. The van der Waals surface area contributed by atoms with E-state index < -0.39 is 28.7 Å². The van der Waals surface area contributed by atoms with Gasteiger partial charge in [0.05, 0.1) is 5.25 Å². The Labute approximate surface area is 164 Å². The van der Waals surface area contributed by atoms with Crippen molar-refractivity contribution in [3.05, 3.63) is 30.1 Å². The number of pyridine rings is 1. The molecule has 148 valence electrons. The summed E-state index contributed by atoms with van der Waals surface area (Å²) in [4.78, 5) is 41.1. The fourth-order valence-corrected chi connectivity index (χ4v) is 3.32. The molecule has 2 amide bonds. The van der Waals surface area contributed by atoms with Gasteiger partial charge < -0.3 is 15.7 Å². The van der Waals surface area contributed by atoms with Crippen molar-refractivity contribution in [3.63, 3.8) is 0 Å². The number of hydrogen-bond donors (Lipinski definition) is 4. The average Bonchev–Trinajstić information content (AvgIpc) is 3.10. The Bertz CT molecular complexity index is 675. The number of thiol groups is 1. The molecule has 0 unspecified atom stereocenters. The minimum Gasteiger partial charge on any atom is -0.480 e. The van der Waals surface area contributed by atoms with Crippen LogP contribution in [0.3, 0.4) is 0 Å². The number of carboxylic acids is 1. The zero-order valence-corrected chi connectivity index (χ0v) is 16.5. The molecule has 0 bridgehead atoms. The van der Waals surface area contributed by atoms with E-state index in [4.69, 9.17) is 0 Å². The van der Waals surface area contributed by atoms with Crippen molar-refractivity contribution in [1.82, 2.24) is 15.6 Å². The molecule has 8 heteroatoms. The van der Waals surface area contributed by atoms with Crippen molar-refractivity contribution >= 4 is 30.4 Å². The van der Waals surface area contributed by atoms with Crippen molar-refractivity contribution < 1.29 is 19.5 Å². The molecule has 27 heavy (non-hydrogen) atoms. The second kappa shape index (κ2) is 9.21. The van der Waals surface area contributed by atoms with Gasteiger partial charge in [-0.3, -0.25) is 14.6 Å². The Kier molecular flexibility index (Phi) is 7.24. The number of amides is 2. The van der Waals surface area contributed by atoms with Gasteiger partial charge in [-0.25, -0.2) is 4.79 Å². The standard InChI is InChI=1S/C19H27N3O4S/c1-12(2)15(27)16(23)22-19(7-3-4-8-19)18(26)21-14(17(24)25)10-13-6-5-9-20-11-13/h5-6,9,11-12,14-15,27H,3-4,7-8,10H2,1-2H3,(H,21,26)(H,22,23)(H,24,25)/t14-,15-/m0/s1. The molecule has 0 aliphatic heterocycles. The summed E-state index contributed by atoms with van der Waals surface area (Å²) in [6.45, 7) is 3.76. The third-order valence-electron chi connectivity index (χ3n) is 4.92. The molecule has 0 spiro atoms. The van der Waals surface area contributed by atoms with Crippen molar-refractivity contribution in [2.24, 2.45) is 5.92 Å². The van der Waals surface area contributed by atoms with E-state index >= 15 is 0 Å². The highest BCUT2D eigenvalue weighted by molar-refractivity contribution is 7.81. The van der Waals surface area contributed by atoms with Crippen molar-refractivity contribution in [2.75, 3.05) is 0 Å². The third kappa shape index (κ3) is 5.45. The maximum absolute atomic E-state index is 13.0. The first-order valence-corrected chi connectivity index (χ1v) is 9.69. The largest absolute Gasteiger partial charge is 0.480 e. The molecule has 1 fully saturated rings. The van der Waals surface area contributed by atoms with E-state index in [9.17, 15) is 19.5 Å². The monoisotopic (exact) mass is 393 g/mol. The fraction of sp³-hybridized carbons (Fsp3) is 0.579. The van der Waals surface area contributed by atoms with Gasteiger partial charge in [-0.2, -0.15) is 12.6 Å². The van der Waals surface area contributed by atoms with Crippen LogP contribution < -0.4 is 10.6 Å². The minimum atomic E-state index is -1.12. The Balaban J connectivity index is 2.12. The lowest BCUT2D eigenvalue weighted by atomic mass is 9.94. The van der Waals surface area contributed by atoms with E-state index in [1.807, 2.05) is 13.8 Å². The molecular weight excluding hydrogens is 366 g/mol. The predicted octanol–water partition coefficient (Wildman–Crippen LogP) is 1.58. The van der Waals surface area contributed by atoms with E-state index in [2.05, 4.69) is 28.2 Å². The first-order chi connectivity index (χ1) is 12.7. The zero-order chi connectivity index (χ0) is 20.0. The van der Waals surface area contributed by atoms with Gasteiger partial charge >= 0.3 is 5.97 Å². The van der Waals surface area contributed by atoms with Crippen LogP contribution in [0.4, 0.5) is 0 Å². The van der Waals surface area contributed by atoms with Gasteiger partial charge in [0.25, 0.3) is 0 Å². The first-order valence-electron chi connectivity index (χ1n) is 9.18. The number of carbonyl (C=O) groups is 3. The predicted molar refractivity (Wildman–Crippen MR) is 104 cm³/mol. The Morgan fingerprint density at radius 2 is 1.96 bits per heavy atom. The van der Waals surface area contributed by atoms with E-state index in [1.165, 1.54) is 0 Å². The van der Waals surface area contributed by atoms with Crippen molar-refractivity contribution in [2.45, 2.75) is 62.8 Å². The molecule has 2 atom stereocenters. The zero-order valence-electron chi connectivity index (χ0n) is 15.6. The molecule has 3 N–H and O–H groups in total. The molecule has 1 aromatic rings. The molecule has 1 aromatic heterocycles. The summed E-state index contributed by atoms with van der Waals surface area (Å²) in [5.41, 5.74) is -0.361. The van der Waals surface area contributed by atoms with Crippen LogP contribution >= 0.6 is 12.6 Å². The number of nitrogens with zero attached hydrogens (tertiary/aromatic N) is 1. The molecular formula is C19H27N3O4S. The summed E-state index contributed by atoms with van der Waals surface area (Å²) in [5, 5.41) is 14.5. The van der Waals surface area contributed by atoms with Crippen LogP contribution in [0.5, 0.6) is 0 Å². The molecule has 7 nitrogen and oxygen atoms in total. The van der Waals surface area contributed by atoms with Crippen LogP contribution in [-0.2, 0) is 20.8 Å². The van der Waals surface area contributed by atoms with E-state index in [0.717, 1.165) is 12.8 Å². The van der Waals surface area contributed by atoms with Crippen LogP contribution in [0.2, 0.25) is 0 Å². The van der Waals surface area contributed by atoms with Gasteiger partial charge in [0.2, 0.25) is 11.8 Å². The number of hydrogen-bond acceptors (Lipinski definition) is 5. The molecule has 1 saturated carbocycles. The van der Waals surface area contributed by atoms with Crippen molar-refractivity contribution in [1.29, 1.82) is 0 Å². The molecule has 0 radical (unpaired) electrons. The summed E-state index contributed by atoms with van der Waals surface area (Å²) in [5.74, 6) is -1.86. The fourth-order valence-electron chi connectivity index (χ4n) is 3.25. The van der Waals surface area contributed by atoms with E-state index in [-0.39, 0.29) is 18.2 Å². The number of carboxylic acid groups (broad SMARTS) is 1. The highest BCUT2D eigenvalue weighted by atomic mass is 32.1. The topological polar surface area (TPSA) is 108 Å². The quantitative estimate of drug-likeness (QED) is 0.502. The summed E-state index contributed by atoms with van der Waals surface area (Å²) in [6, 6.07) is 2.39. The SMILES string of the molecule is CC(C)[C@H](S)C(=O)NC1(C(=O)N[C@@H](Cc2cccnc2)C(=O)O)CCCC1. The summed E-state index contributed by atoms with van der Waals surface area (Å²) in [6.07, 6.45) is 5.87. The summed E-state index contributed by atoms with van der Waals surface area (Å²) >= 11 is 4.32. The molecule has 1 aliphatic rings. The second-order valence-electron chi connectivity index (χ2n) is 7.40. The first kappa shape index (κ1) is 21.2. The third-order valence-corrected chi connectivity index (χ3v) is 5.75. The number of carbonyl (C=O) groups excluding carboxylic acids is 2. The van der Waals surface area contributed by atoms with Gasteiger partial charge in [0.15, 0.2) is 0 Å². The molecule has 2 rings (SSSR count). The maximum atomic E-state index is 13.0. The van der Waals surface area contributed by atoms with Crippen LogP contribution in [-0.4, -0.2) is 44.7 Å². The van der Waals surface area contributed by atoms with Gasteiger partial charge in [0, 0.05) is 18.8 Å². The number of rotatable bonds is 8. The Morgan fingerprint density at radius 3 is 2.48 bits per heavy atom. The van der Waals surface area contributed by atoms with Gasteiger partial charge in [-0.1, -0.05) is 32.8 Å². The lowest BCUT2D eigenvalue weighted by Gasteiger charge is -2.32. The molecule has 1 aliphatic carbocycles. The van der Waals surface area contributed by atoms with Crippen LogP contribution in [0.25, 0.3) is 0 Å². The number of aromatic nitrogens is 1. The normalized spacial score (nSPS) is 17.9. The van der Waals surface area contributed by atoms with Gasteiger partial charge in [-0.05, 0) is 30.4 Å². The number of nitrogens with one attached hydrogen (secondary N) is 2. The minimum absolute atomic E-state index is 0.0206. The van der Waals surface area contributed by atoms with Gasteiger partial charge in [-0.15, -0.1) is 0 Å². The lowest BCUT2D eigenvalue weighted by molar-refractivity contribution is -0.143. The van der Waals surface area contributed by atoms with Crippen LogP contribution in [0.1, 0.15) is 45.1 Å². The average molecular weight is 394 g/mol.